The lowest BCUT2D eigenvalue weighted by Crippen LogP contribution is -2.15. The van der Waals surface area contributed by atoms with Crippen LogP contribution < -0.4 is 10.9 Å². The van der Waals surface area contributed by atoms with Crippen molar-refractivity contribution in [3.8, 4) is 0 Å². The third-order valence-electron chi connectivity index (χ3n) is 8.62. The van der Waals surface area contributed by atoms with Crippen molar-refractivity contribution in [2.75, 3.05) is 0 Å². The van der Waals surface area contributed by atoms with Gasteiger partial charge in [-0.1, -0.05) is 90.5 Å². The largest absolute Gasteiger partial charge is 0.310 e. The third kappa shape index (κ3) is 5.53. The van der Waals surface area contributed by atoms with Gasteiger partial charge in [-0.25, -0.2) is 5.10 Å². The maximum atomic E-state index is 11.1. The number of aryl methyl sites for hydroxylation is 1. The SMILES string of the molecule is C1=CC2=C(CC1)CCc1c2ccc2cccc(Cc3cccc(CNC4CC4)c3)c12.O=c1[nH]ncc2ccccc12. The van der Waals surface area contributed by atoms with Crippen LogP contribution in [0.25, 0.3) is 27.1 Å². The van der Waals surface area contributed by atoms with Gasteiger partial charge in [-0.05, 0) is 95.2 Å². The molecule has 0 atom stereocenters. The molecule has 204 valence electrons. The van der Waals surface area contributed by atoms with E-state index in [1.165, 1.54) is 77.1 Å². The summed E-state index contributed by atoms with van der Waals surface area (Å²) >= 11 is 0. The summed E-state index contributed by atoms with van der Waals surface area (Å²) in [4.78, 5) is 11.1. The number of nitrogens with zero attached hydrogens (tertiary/aromatic N) is 1. The number of fused-ring (bicyclic) bond motifs is 5. The van der Waals surface area contributed by atoms with Gasteiger partial charge in [0.25, 0.3) is 5.56 Å². The maximum Gasteiger partial charge on any atom is 0.272 e. The second-order valence-electron chi connectivity index (χ2n) is 11.5. The molecule has 1 saturated carbocycles. The maximum absolute atomic E-state index is 11.1. The molecule has 3 aliphatic carbocycles. The van der Waals surface area contributed by atoms with E-state index in [2.05, 4.69) is 82.3 Å². The van der Waals surface area contributed by atoms with Crippen LogP contribution in [-0.4, -0.2) is 16.2 Å². The minimum absolute atomic E-state index is 0.136. The number of hydrogen-bond donors (Lipinski definition) is 2. The fourth-order valence-corrected chi connectivity index (χ4v) is 6.38. The van der Waals surface area contributed by atoms with Gasteiger partial charge in [-0.3, -0.25) is 4.79 Å². The Morgan fingerprint density at radius 1 is 0.854 bits per heavy atom. The van der Waals surface area contributed by atoms with Crippen molar-refractivity contribution >= 4 is 27.1 Å². The molecule has 5 aromatic rings. The number of nitrogens with one attached hydrogen (secondary N) is 2. The molecule has 0 saturated heterocycles. The topological polar surface area (TPSA) is 57.8 Å². The molecule has 8 rings (SSSR count). The van der Waals surface area contributed by atoms with Crippen LogP contribution in [0.5, 0.6) is 0 Å². The molecule has 41 heavy (non-hydrogen) atoms. The fraction of sp³-hybridized carbons (Fsp3) is 0.243. The Bertz CT molecular complexity index is 1850. The summed E-state index contributed by atoms with van der Waals surface area (Å²) in [7, 11) is 0. The molecule has 4 aromatic carbocycles. The van der Waals surface area contributed by atoms with Gasteiger partial charge in [-0.2, -0.15) is 5.10 Å². The van der Waals surface area contributed by atoms with E-state index >= 15 is 0 Å². The summed E-state index contributed by atoms with van der Waals surface area (Å²) in [6.45, 7) is 0.993. The van der Waals surface area contributed by atoms with Crippen molar-refractivity contribution in [3.63, 3.8) is 0 Å². The number of benzene rings is 4. The number of rotatable bonds is 5. The molecular formula is C37H35N3O. The normalized spacial score (nSPS) is 15.8. The highest BCUT2D eigenvalue weighted by atomic mass is 16.1. The molecule has 0 bridgehead atoms. The number of H-pyrrole nitrogens is 1. The highest BCUT2D eigenvalue weighted by Gasteiger charge is 2.22. The Balaban J connectivity index is 0.000000210. The molecule has 1 fully saturated rings. The van der Waals surface area contributed by atoms with Crippen LogP contribution in [0.15, 0.2) is 108 Å². The van der Waals surface area contributed by atoms with Gasteiger partial charge >= 0.3 is 0 Å². The molecule has 4 nitrogen and oxygen atoms in total. The average molecular weight is 538 g/mol. The molecule has 0 radical (unpaired) electrons. The lowest BCUT2D eigenvalue weighted by Gasteiger charge is -2.26. The van der Waals surface area contributed by atoms with E-state index < -0.39 is 0 Å². The summed E-state index contributed by atoms with van der Waals surface area (Å²) < 4.78 is 0. The second-order valence-corrected chi connectivity index (χ2v) is 11.5. The Kier molecular flexibility index (Phi) is 7.08. The van der Waals surface area contributed by atoms with Crippen LogP contribution in [0, 0.1) is 0 Å². The zero-order chi connectivity index (χ0) is 27.6. The van der Waals surface area contributed by atoms with Crippen molar-refractivity contribution in [2.24, 2.45) is 0 Å². The van der Waals surface area contributed by atoms with E-state index in [1.54, 1.807) is 23.4 Å². The van der Waals surface area contributed by atoms with Gasteiger partial charge in [0.05, 0.1) is 6.20 Å². The smallest absolute Gasteiger partial charge is 0.272 e. The summed E-state index contributed by atoms with van der Waals surface area (Å²) in [5, 5.41) is 14.1. The van der Waals surface area contributed by atoms with Crippen molar-refractivity contribution in [2.45, 2.75) is 57.5 Å². The van der Waals surface area contributed by atoms with Crippen LogP contribution in [-0.2, 0) is 19.4 Å². The monoisotopic (exact) mass is 537 g/mol. The predicted octanol–water partition coefficient (Wildman–Crippen LogP) is 7.66. The van der Waals surface area contributed by atoms with Crippen molar-refractivity contribution in [3.05, 3.63) is 141 Å². The van der Waals surface area contributed by atoms with E-state index in [1.807, 2.05) is 18.2 Å². The second kappa shape index (κ2) is 11.3. The van der Waals surface area contributed by atoms with Crippen LogP contribution in [0.3, 0.4) is 0 Å². The first-order valence-corrected chi connectivity index (χ1v) is 14.9. The molecule has 1 aromatic heterocycles. The van der Waals surface area contributed by atoms with Crippen molar-refractivity contribution < 1.29 is 0 Å². The Morgan fingerprint density at radius 3 is 2.61 bits per heavy atom. The van der Waals surface area contributed by atoms with Gasteiger partial charge in [-0.15, -0.1) is 0 Å². The van der Waals surface area contributed by atoms with Gasteiger partial charge in [0.1, 0.15) is 0 Å². The van der Waals surface area contributed by atoms with Crippen LogP contribution in [0.4, 0.5) is 0 Å². The number of allylic oxidation sites excluding steroid dienone is 4. The molecule has 0 amide bonds. The van der Waals surface area contributed by atoms with Crippen LogP contribution >= 0.6 is 0 Å². The van der Waals surface area contributed by atoms with Crippen molar-refractivity contribution in [1.82, 2.24) is 15.5 Å². The highest BCUT2D eigenvalue weighted by Crippen LogP contribution is 2.41. The zero-order valence-corrected chi connectivity index (χ0v) is 23.3. The van der Waals surface area contributed by atoms with E-state index in [-0.39, 0.29) is 5.56 Å². The van der Waals surface area contributed by atoms with Gasteiger partial charge in [0, 0.05) is 23.4 Å². The van der Waals surface area contributed by atoms with Crippen LogP contribution in [0.2, 0.25) is 0 Å². The predicted molar refractivity (Wildman–Crippen MR) is 169 cm³/mol. The zero-order valence-electron chi connectivity index (χ0n) is 23.3. The fourth-order valence-electron chi connectivity index (χ4n) is 6.38. The van der Waals surface area contributed by atoms with Gasteiger partial charge < -0.3 is 5.32 Å². The first-order chi connectivity index (χ1) is 20.2. The first kappa shape index (κ1) is 25.7. The lowest BCUT2D eigenvalue weighted by atomic mass is 9.78. The lowest BCUT2D eigenvalue weighted by molar-refractivity contribution is 0.687. The minimum atomic E-state index is -0.136. The highest BCUT2D eigenvalue weighted by molar-refractivity contribution is 5.96. The molecule has 3 aliphatic rings. The van der Waals surface area contributed by atoms with Crippen molar-refractivity contribution in [1.29, 1.82) is 0 Å². The number of aromatic amines is 1. The Labute approximate surface area is 240 Å². The van der Waals surface area contributed by atoms with E-state index in [4.69, 9.17) is 0 Å². The Morgan fingerprint density at radius 2 is 1.71 bits per heavy atom. The molecule has 1 heterocycles. The third-order valence-corrected chi connectivity index (χ3v) is 8.62. The average Bonchev–Trinajstić information content (AvgIpc) is 3.85. The van der Waals surface area contributed by atoms with Crippen LogP contribution in [0.1, 0.15) is 59.9 Å². The summed E-state index contributed by atoms with van der Waals surface area (Å²) in [5.74, 6) is 0. The quantitative estimate of drug-likeness (QED) is 0.242. The molecule has 0 spiro atoms. The van der Waals surface area contributed by atoms with E-state index in [0.717, 1.165) is 24.4 Å². The summed E-state index contributed by atoms with van der Waals surface area (Å²) in [5.41, 5.74) is 10.4. The van der Waals surface area contributed by atoms with Gasteiger partial charge in [0.2, 0.25) is 0 Å². The number of aromatic nitrogens is 2. The molecular weight excluding hydrogens is 502 g/mol. The minimum Gasteiger partial charge on any atom is -0.310 e. The first-order valence-electron chi connectivity index (χ1n) is 14.9. The standard InChI is InChI=1S/C29H29N.C8H6N2O/c1-2-10-26-22(7-1)11-16-28-27(26)15-12-23-8-4-9-24(29(23)28)18-20-5-3-6-21(17-20)19-30-25-13-14-25;11-8-7-4-2-1-3-6(7)5-9-10-8/h2-6,8-10,12,15,17,25,30H,1,7,11,13-14,16,18-19H2;1-5H,(H,10,11). The molecule has 4 heteroatoms. The van der Waals surface area contributed by atoms with E-state index in [9.17, 15) is 4.79 Å². The Hall–Kier alpha value is -4.28. The summed E-state index contributed by atoms with van der Waals surface area (Å²) in [6.07, 6.45) is 14.9. The number of hydrogen-bond acceptors (Lipinski definition) is 3. The molecule has 0 aliphatic heterocycles. The molecule has 2 N–H and O–H groups in total. The summed E-state index contributed by atoms with van der Waals surface area (Å²) in [6, 6.07) is 28.8. The molecule has 0 unspecified atom stereocenters. The van der Waals surface area contributed by atoms with Gasteiger partial charge in [0.15, 0.2) is 0 Å². The van der Waals surface area contributed by atoms with E-state index in [0.29, 0.717) is 5.39 Å².